The Morgan fingerprint density at radius 2 is 1.33 bits per heavy atom. The molecule has 3 aliphatic rings. The fourth-order valence-electron chi connectivity index (χ4n) is 5.83. The summed E-state index contributed by atoms with van der Waals surface area (Å²) >= 11 is 0. The standard InChI is InChI=1S/C30H36N12O7/c31-39-35-13-26-25(45-15-20-9-5-2-6-10-20)12-24(38-42-34)30(48-26)49-28-23(37-41-33)11-22(36-40-32)27(29(28)46-17-21-16-44-21)47-18-43-14-19-7-3-1-4-8-19/h1-10,21-30H,11-18H2/t21-,22-,23+,24-,25+,26-,27+,28-,29-,30-/m1/s1. The van der Waals surface area contributed by atoms with Crippen LogP contribution in [0, 0.1) is 0 Å². The topological polar surface area (TPSA) is 263 Å². The zero-order valence-electron chi connectivity index (χ0n) is 26.4. The second-order valence-corrected chi connectivity index (χ2v) is 11.5. The van der Waals surface area contributed by atoms with Crippen LogP contribution in [0.3, 0.4) is 0 Å². The highest BCUT2D eigenvalue weighted by Crippen LogP contribution is 2.36. The van der Waals surface area contributed by atoms with Crippen molar-refractivity contribution in [3.63, 3.8) is 0 Å². The van der Waals surface area contributed by atoms with Crippen molar-refractivity contribution in [2.75, 3.05) is 26.6 Å². The molecule has 0 spiro atoms. The Kier molecular flexibility index (Phi) is 13.7. The number of epoxide rings is 1. The molecular weight excluding hydrogens is 640 g/mol. The predicted molar refractivity (Wildman–Crippen MR) is 171 cm³/mol. The molecule has 5 rings (SSSR count). The molecule has 2 saturated heterocycles. The third-order valence-electron chi connectivity index (χ3n) is 8.26. The molecule has 2 aromatic carbocycles. The lowest BCUT2D eigenvalue weighted by Crippen LogP contribution is -2.60. The first-order chi connectivity index (χ1) is 24.1. The second kappa shape index (κ2) is 18.8. The molecule has 2 aliphatic heterocycles. The van der Waals surface area contributed by atoms with E-state index in [4.69, 9.17) is 38.7 Å². The molecule has 0 radical (unpaired) electrons. The first-order valence-electron chi connectivity index (χ1n) is 15.7. The van der Waals surface area contributed by atoms with Crippen molar-refractivity contribution in [3.8, 4) is 0 Å². The van der Waals surface area contributed by atoms with Crippen molar-refractivity contribution in [1.29, 1.82) is 0 Å². The SMILES string of the molecule is [N-]=[N+]=NC[C@H]1O[C@H](O[C@H]2[C@H](OC[C@H]3CO3)[C@@H](OCOCc3ccccc3)[C@H](N=[N+]=[N-])C[C@@H]2N=[N+]=[N-])[C@H](N=[N+]=[N-])C[C@@H]1OCc1ccccc1. The fraction of sp³-hybridized carbons (Fsp3) is 0.600. The van der Waals surface area contributed by atoms with E-state index in [1.807, 2.05) is 60.7 Å². The van der Waals surface area contributed by atoms with Crippen LogP contribution in [0.1, 0.15) is 24.0 Å². The van der Waals surface area contributed by atoms with Crippen LogP contribution in [0.15, 0.2) is 81.1 Å². The number of nitrogens with zero attached hydrogens (tertiary/aromatic N) is 12. The fourth-order valence-corrected chi connectivity index (χ4v) is 5.83. The van der Waals surface area contributed by atoms with Gasteiger partial charge in [-0.3, -0.25) is 0 Å². The van der Waals surface area contributed by atoms with Gasteiger partial charge >= 0.3 is 0 Å². The Bertz CT molecular complexity index is 1530. The van der Waals surface area contributed by atoms with Gasteiger partial charge in [-0.2, -0.15) is 0 Å². The van der Waals surface area contributed by atoms with Crippen LogP contribution in [0.25, 0.3) is 41.8 Å². The number of rotatable bonds is 18. The molecule has 19 heteroatoms. The summed E-state index contributed by atoms with van der Waals surface area (Å²) in [6.45, 7) is 0.897. The van der Waals surface area contributed by atoms with Crippen molar-refractivity contribution < 1.29 is 33.2 Å². The highest BCUT2D eigenvalue weighted by molar-refractivity contribution is 5.14. The van der Waals surface area contributed by atoms with Gasteiger partial charge in [0.15, 0.2) is 6.29 Å². The summed E-state index contributed by atoms with van der Waals surface area (Å²) in [4.78, 5) is 11.9. The minimum absolute atomic E-state index is 0.0474. The Morgan fingerprint density at radius 3 is 1.96 bits per heavy atom. The van der Waals surface area contributed by atoms with E-state index >= 15 is 0 Å². The summed E-state index contributed by atoms with van der Waals surface area (Å²) in [5, 5.41) is 15.6. The third kappa shape index (κ3) is 10.4. The average molecular weight is 677 g/mol. The number of hydrogen-bond acceptors (Lipinski definition) is 11. The zero-order valence-corrected chi connectivity index (χ0v) is 26.4. The molecule has 2 heterocycles. The third-order valence-corrected chi connectivity index (χ3v) is 8.26. The summed E-state index contributed by atoms with van der Waals surface area (Å²) in [7, 11) is 0. The van der Waals surface area contributed by atoms with Crippen LogP contribution >= 0.6 is 0 Å². The molecule has 0 aromatic heterocycles. The molecule has 10 atom stereocenters. The normalized spacial score (nSPS) is 30.4. The summed E-state index contributed by atoms with van der Waals surface area (Å²) in [6, 6.07) is 16.4. The lowest BCUT2D eigenvalue weighted by atomic mass is 9.84. The van der Waals surface area contributed by atoms with Crippen molar-refractivity contribution in [2.24, 2.45) is 20.5 Å². The lowest BCUT2D eigenvalue weighted by molar-refractivity contribution is -0.282. The largest absolute Gasteiger partial charge is 0.371 e. The summed E-state index contributed by atoms with van der Waals surface area (Å²) < 4.78 is 42.5. The van der Waals surface area contributed by atoms with Crippen molar-refractivity contribution in [2.45, 2.75) is 87.1 Å². The molecule has 0 bridgehead atoms. The van der Waals surface area contributed by atoms with Crippen LogP contribution in [0.4, 0.5) is 0 Å². The maximum absolute atomic E-state index is 9.51. The summed E-state index contributed by atoms with van der Waals surface area (Å²) in [5.74, 6) is 0. The van der Waals surface area contributed by atoms with Gasteiger partial charge in [0.1, 0.15) is 19.0 Å². The molecule has 258 valence electrons. The molecule has 1 saturated carbocycles. The quantitative estimate of drug-likeness (QED) is 0.0442. The molecule has 0 unspecified atom stereocenters. The van der Waals surface area contributed by atoms with E-state index in [2.05, 4.69) is 40.1 Å². The van der Waals surface area contributed by atoms with E-state index in [1.54, 1.807) is 0 Å². The Morgan fingerprint density at radius 1 is 0.694 bits per heavy atom. The first-order valence-corrected chi connectivity index (χ1v) is 15.7. The van der Waals surface area contributed by atoms with Gasteiger partial charge in [0.2, 0.25) is 0 Å². The zero-order chi connectivity index (χ0) is 34.3. The minimum Gasteiger partial charge on any atom is -0.371 e. The predicted octanol–water partition coefficient (Wildman–Crippen LogP) is 6.17. The minimum atomic E-state index is -1.19. The van der Waals surface area contributed by atoms with Gasteiger partial charge in [0.25, 0.3) is 0 Å². The van der Waals surface area contributed by atoms with E-state index in [1.165, 1.54) is 0 Å². The molecule has 2 aromatic rings. The van der Waals surface area contributed by atoms with Crippen LogP contribution in [0.5, 0.6) is 0 Å². The molecule has 0 amide bonds. The molecule has 3 fully saturated rings. The lowest BCUT2D eigenvalue weighted by Gasteiger charge is -2.47. The molecular formula is C30H36N12O7. The number of azide groups is 4. The Hall–Kier alpha value is -4.60. The smallest absolute Gasteiger partial charge is 0.167 e. The first kappa shape index (κ1) is 35.7. The summed E-state index contributed by atoms with van der Waals surface area (Å²) in [5.41, 5.74) is 39.3. The van der Waals surface area contributed by atoms with Crippen LogP contribution in [-0.4, -0.2) is 87.6 Å². The molecule has 49 heavy (non-hydrogen) atoms. The van der Waals surface area contributed by atoms with Crippen LogP contribution < -0.4 is 0 Å². The maximum Gasteiger partial charge on any atom is 0.167 e. The van der Waals surface area contributed by atoms with Crippen molar-refractivity contribution in [1.82, 2.24) is 0 Å². The van der Waals surface area contributed by atoms with Gasteiger partial charge < -0.3 is 33.2 Å². The second-order valence-electron chi connectivity index (χ2n) is 11.5. The Balaban J connectivity index is 1.38. The van der Waals surface area contributed by atoms with Gasteiger partial charge in [-0.1, -0.05) is 81.1 Å². The van der Waals surface area contributed by atoms with E-state index in [9.17, 15) is 16.6 Å². The maximum atomic E-state index is 9.51. The van der Waals surface area contributed by atoms with E-state index in [0.29, 0.717) is 6.61 Å². The van der Waals surface area contributed by atoms with Crippen molar-refractivity contribution >= 4 is 0 Å². The summed E-state index contributed by atoms with van der Waals surface area (Å²) in [6.07, 6.45) is -5.43. The van der Waals surface area contributed by atoms with Gasteiger partial charge in [-0.15, -0.1) is 0 Å². The van der Waals surface area contributed by atoms with E-state index in [-0.39, 0.29) is 52.1 Å². The monoisotopic (exact) mass is 676 g/mol. The van der Waals surface area contributed by atoms with Crippen LogP contribution in [0.2, 0.25) is 0 Å². The van der Waals surface area contributed by atoms with Gasteiger partial charge in [-0.05, 0) is 46.1 Å². The number of ether oxygens (including phenoxy) is 7. The Labute approximate surface area is 280 Å². The van der Waals surface area contributed by atoms with Crippen LogP contribution in [-0.2, 0) is 46.4 Å². The van der Waals surface area contributed by atoms with Gasteiger partial charge in [0.05, 0.1) is 75.5 Å². The van der Waals surface area contributed by atoms with E-state index in [0.717, 1.165) is 11.1 Å². The molecule has 0 N–H and O–H groups in total. The van der Waals surface area contributed by atoms with Crippen molar-refractivity contribution in [3.05, 3.63) is 114 Å². The number of hydrogen-bond donors (Lipinski definition) is 0. The van der Waals surface area contributed by atoms with E-state index < -0.39 is 54.9 Å². The molecule has 19 nitrogen and oxygen atoms in total. The highest BCUT2D eigenvalue weighted by Gasteiger charge is 2.50. The molecule has 1 aliphatic carbocycles. The average Bonchev–Trinajstić information content (AvgIpc) is 3.96. The highest BCUT2D eigenvalue weighted by atomic mass is 16.7. The van der Waals surface area contributed by atoms with Gasteiger partial charge in [-0.25, -0.2) is 0 Å². The van der Waals surface area contributed by atoms with Gasteiger partial charge in [0, 0.05) is 19.6 Å². The number of benzene rings is 2.